The van der Waals surface area contributed by atoms with Gasteiger partial charge in [0.05, 0.1) is 25.9 Å². The van der Waals surface area contributed by atoms with Crippen LogP contribution in [0.15, 0.2) is 54.6 Å². The molecule has 1 N–H and O–H groups in total. The molecule has 1 saturated carbocycles. The quantitative estimate of drug-likeness (QED) is 0.484. The van der Waals surface area contributed by atoms with Gasteiger partial charge in [0.25, 0.3) is 0 Å². The molecule has 3 aromatic rings. The van der Waals surface area contributed by atoms with Crippen molar-refractivity contribution in [1.82, 2.24) is 25.5 Å². The molecule has 0 bridgehead atoms. The summed E-state index contributed by atoms with van der Waals surface area (Å²) in [4.78, 5) is 2.35. The zero-order chi connectivity index (χ0) is 24.9. The number of ether oxygens (including phenoxy) is 2. The molecular formula is C28H38N6O2. The molecule has 1 aliphatic heterocycles. The lowest BCUT2D eigenvalue weighted by molar-refractivity contribution is 0.0144. The molecule has 1 saturated heterocycles. The van der Waals surface area contributed by atoms with Gasteiger partial charge < -0.3 is 19.7 Å². The number of benzene rings is 2. The highest BCUT2D eigenvalue weighted by Gasteiger charge is 2.41. The second-order valence-electron chi connectivity index (χ2n) is 10.2. The van der Waals surface area contributed by atoms with Crippen LogP contribution >= 0.6 is 0 Å². The fraction of sp³-hybridized carbons (Fsp3) is 0.536. The van der Waals surface area contributed by atoms with Gasteiger partial charge in [0.15, 0.2) is 0 Å². The molecule has 0 unspecified atom stereocenters. The van der Waals surface area contributed by atoms with Crippen molar-refractivity contribution < 1.29 is 9.47 Å². The number of aryl methyl sites for hydroxylation is 1. The van der Waals surface area contributed by atoms with Gasteiger partial charge >= 0.3 is 0 Å². The van der Waals surface area contributed by atoms with Crippen molar-refractivity contribution in [2.24, 2.45) is 7.05 Å². The molecule has 3 atom stereocenters. The molecule has 0 amide bonds. The maximum atomic E-state index is 6.60. The first-order valence-corrected chi connectivity index (χ1v) is 13.2. The van der Waals surface area contributed by atoms with Crippen LogP contribution in [0.5, 0.6) is 5.75 Å². The Labute approximate surface area is 214 Å². The predicted octanol–water partition coefficient (Wildman–Crippen LogP) is 4.09. The summed E-state index contributed by atoms with van der Waals surface area (Å²) in [6.45, 7) is 3.71. The SMILES string of the molecule is COc1ccc(CN[C@H]2C[C@@H](C)N(c3nnnn3C)[C@H]2COC2CCC(c3ccccc3)CC2)cc1. The fourth-order valence-corrected chi connectivity index (χ4v) is 5.88. The van der Waals surface area contributed by atoms with Crippen LogP contribution in [0.4, 0.5) is 5.95 Å². The van der Waals surface area contributed by atoms with E-state index in [0.717, 1.165) is 37.5 Å². The third-order valence-electron chi connectivity index (χ3n) is 7.90. The van der Waals surface area contributed by atoms with Crippen LogP contribution in [0.1, 0.15) is 56.1 Å². The highest BCUT2D eigenvalue weighted by molar-refractivity contribution is 5.37. The van der Waals surface area contributed by atoms with E-state index in [-0.39, 0.29) is 12.1 Å². The largest absolute Gasteiger partial charge is 0.497 e. The highest BCUT2D eigenvalue weighted by atomic mass is 16.5. The zero-order valence-electron chi connectivity index (χ0n) is 21.6. The highest BCUT2D eigenvalue weighted by Crippen LogP contribution is 2.35. The number of rotatable bonds is 9. The zero-order valence-corrected chi connectivity index (χ0v) is 21.6. The van der Waals surface area contributed by atoms with Gasteiger partial charge in [0.2, 0.25) is 5.95 Å². The summed E-state index contributed by atoms with van der Waals surface area (Å²) in [5.41, 5.74) is 2.70. The van der Waals surface area contributed by atoms with E-state index in [1.165, 1.54) is 24.0 Å². The van der Waals surface area contributed by atoms with Crippen LogP contribution in [-0.4, -0.2) is 58.2 Å². The van der Waals surface area contributed by atoms with Crippen LogP contribution in [0, 0.1) is 0 Å². The topological polar surface area (TPSA) is 77.3 Å². The van der Waals surface area contributed by atoms with Crippen LogP contribution in [0.2, 0.25) is 0 Å². The van der Waals surface area contributed by atoms with Gasteiger partial charge in [0.1, 0.15) is 5.75 Å². The van der Waals surface area contributed by atoms with E-state index >= 15 is 0 Å². The van der Waals surface area contributed by atoms with Gasteiger partial charge in [-0.2, -0.15) is 0 Å². The fourth-order valence-electron chi connectivity index (χ4n) is 5.88. The van der Waals surface area contributed by atoms with Crippen molar-refractivity contribution in [3.63, 3.8) is 0 Å². The van der Waals surface area contributed by atoms with Gasteiger partial charge in [-0.25, -0.2) is 4.68 Å². The van der Waals surface area contributed by atoms with Gasteiger partial charge in [-0.1, -0.05) is 47.6 Å². The summed E-state index contributed by atoms with van der Waals surface area (Å²) < 4.78 is 13.7. The number of aromatic nitrogens is 4. The molecule has 2 aromatic carbocycles. The molecule has 1 aliphatic carbocycles. The minimum Gasteiger partial charge on any atom is -0.497 e. The van der Waals surface area contributed by atoms with Gasteiger partial charge in [-0.15, -0.1) is 0 Å². The Hall–Kier alpha value is -2.97. The molecule has 0 spiro atoms. The summed E-state index contributed by atoms with van der Waals surface area (Å²) >= 11 is 0. The number of anilines is 1. The Morgan fingerprint density at radius 2 is 1.75 bits per heavy atom. The van der Waals surface area contributed by atoms with Crippen molar-refractivity contribution >= 4 is 5.95 Å². The lowest BCUT2D eigenvalue weighted by Crippen LogP contribution is -2.48. The van der Waals surface area contributed by atoms with Crippen molar-refractivity contribution in [3.8, 4) is 5.75 Å². The number of nitrogens with zero attached hydrogens (tertiary/aromatic N) is 5. The molecule has 2 aliphatic rings. The van der Waals surface area contributed by atoms with Crippen LogP contribution < -0.4 is 15.0 Å². The summed E-state index contributed by atoms with van der Waals surface area (Å²) in [5, 5.41) is 16.1. The van der Waals surface area contributed by atoms with Gasteiger partial charge in [0, 0.05) is 25.7 Å². The number of hydrogen-bond acceptors (Lipinski definition) is 7. The predicted molar refractivity (Wildman–Crippen MR) is 140 cm³/mol. The first-order valence-electron chi connectivity index (χ1n) is 13.2. The molecular weight excluding hydrogens is 452 g/mol. The molecule has 8 nitrogen and oxygen atoms in total. The molecule has 36 heavy (non-hydrogen) atoms. The average molecular weight is 491 g/mol. The Balaban J connectivity index is 1.23. The first kappa shape index (κ1) is 24.7. The van der Waals surface area contributed by atoms with Gasteiger partial charge in [-0.05, 0) is 78.6 Å². The van der Waals surface area contributed by atoms with E-state index in [4.69, 9.17) is 9.47 Å². The lowest BCUT2D eigenvalue weighted by atomic mass is 9.83. The second kappa shape index (κ2) is 11.4. The molecule has 1 aromatic heterocycles. The minimum absolute atomic E-state index is 0.162. The number of hydrogen-bond donors (Lipinski definition) is 1. The van der Waals surface area contributed by atoms with Crippen LogP contribution in [0.3, 0.4) is 0 Å². The maximum Gasteiger partial charge on any atom is 0.245 e. The number of methoxy groups -OCH3 is 1. The first-order chi connectivity index (χ1) is 17.6. The van der Waals surface area contributed by atoms with Crippen LogP contribution in [-0.2, 0) is 18.3 Å². The average Bonchev–Trinajstić information content (AvgIpc) is 3.48. The van der Waals surface area contributed by atoms with E-state index in [9.17, 15) is 0 Å². The Bertz CT molecular complexity index is 1080. The van der Waals surface area contributed by atoms with E-state index in [2.05, 4.69) is 75.1 Å². The number of tetrazole rings is 1. The molecule has 192 valence electrons. The Morgan fingerprint density at radius 1 is 1.00 bits per heavy atom. The van der Waals surface area contributed by atoms with Crippen LogP contribution in [0.25, 0.3) is 0 Å². The normalized spacial score (nSPS) is 26.3. The summed E-state index contributed by atoms with van der Waals surface area (Å²) in [5.74, 6) is 2.33. The number of nitrogens with one attached hydrogen (secondary N) is 1. The molecule has 8 heteroatoms. The van der Waals surface area contributed by atoms with E-state index in [1.54, 1.807) is 11.8 Å². The minimum atomic E-state index is 0.162. The second-order valence-corrected chi connectivity index (χ2v) is 10.2. The molecule has 2 fully saturated rings. The monoisotopic (exact) mass is 490 g/mol. The van der Waals surface area contributed by atoms with E-state index in [0.29, 0.717) is 24.7 Å². The van der Waals surface area contributed by atoms with Crippen molar-refractivity contribution in [2.45, 2.75) is 75.7 Å². The Kier molecular flexibility index (Phi) is 7.82. The molecule has 5 rings (SSSR count). The third kappa shape index (κ3) is 5.55. The van der Waals surface area contributed by atoms with E-state index < -0.39 is 0 Å². The standard InChI is InChI=1S/C28H38N6O2/c1-20-17-26(29-18-21-9-13-24(35-3)14-10-21)27(34(20)28-30-31-32-33(28)2)19-36-25-15-11-23(12-16-25)22-7-5-4-6-8-22/h4-10,13-14,20,23,25-27,29H,11-12,15-19H2,1-3H3/t20-,23?,25?,26+,27+/m1/s1. The molecule has 2 heterocycles. The molecule has 0 radical (unpaired) electrons. The summed E-state index contributed by atoms with van der Waals surface area (Å²) in [7, 11) is 3.60. The van der Waals surface area contributed by atoms with Crippen molar-refractivity contribution in [1.29, 1.82) is 0 Å². The lowest BCUT2D eigenvalue weighted by Gasteiger charge is -2.34. The summed E-state index contributed by atoms with van der Waals surface area (Å²) in [6, 6.07) is 19.9. The Morgan fingerprint density at radius 3 is 2.42 bits per heavy atom. The van der Waals surface area contributed by atoms with Gasteiger partial charge in [-0.3, -0.25) is 0 Å². The summed E-state index contributed by atoms with van der Waals surface area (Å²) in [6.07, 6.45) is 5.91. The van der Waals surface area contributed by atoms with Crippen molar-refractivity contribution in [3.05, 3.63) is 65.7 Å². The van der Waals surface area contributed by atoms with Crippen molar-refractivity contribution in [2.75, 3.05) is 18.6 Å². The smallest absolute Gasteiger partial charge is 0.245 e. The van der Waals surface area contributed by atoms with E-state index in [1.807, 2.05) is 19.2 Å². The maximum absolute atomic E-state index is 6.60. The third-order valence-corrected chi connectivity index (χ3v) is 7.90.